The summed E-state index contributed by atoms with van der Waals surface area (Å²) in [7, 11) is 0. The maximum Gasteiger partial charge on any atom is 0.117 e. The maximum atomic E-state index is 4.59. The Morgan fingerprint density at radius 3 is 2.62 bits per heavy atom. The molecule has 2 aliphatic heterocycles. The van der Waals surface area contributed by atoms with Crippen molar-refractivity contribution in [2.24, 2.45) is 5.41 Å². The second-order valence-electron chi connectivity index (χ2n) is 9.59. The number of aryl methyl sites for hydroxylation is 1. The van der Waals surface area contributed by atoms with Gasteiger partial charge in [-0.05, 0) is 63.5 Å². The fraction of sp³-hybridized carbons (Fsp3) is 0.609. The normalized spacial score (nSPS) is 25.5. The molecule has 3 nitrogen and oxygen atoms in total. The number of anilines is 1. The predicted molar refractivity (Wildman–Crippen MR) is 107 cm³/mol. The van der Waals surface area contributed by atoms with E-state index in [1.807, 2.05) is 6.20 Å². The first-order valence-corrected chi connectivity index (χ1v) is 10.4. The standard InChI is InChI=1S/C23H31N3/c1-16-8-9-18-14-19-24-12-13-25(19)21(18)20(16)26-17(2)23(15-22(26,3)4)10-6-5-7-11-23/h8-9,12-13,17H,5-7,10-11,14-15H2,1-4H3. The highest BCUT2D eigenvalue weighted by Gasteiger charge is 2.54. The van der Waals surface area contributed by atoms with E-state index in [0.717, 1.165) is 6.42 Å². The fourth-order valence-electron chi connectivity index (χ4n) is 6.52. The lowest BCUT2D eigenvalue weighted by molar-refractivity contribution is 0.170. The summed E-state index contributed by atoms with van der Waals surface area (Å²) in [6, 6.07) is 5.23. The van der Waals surface area contributed by atoms with Crippen molar-refractivity contribution in [2.75, 3.05) is 4.90 Å². The SMILES string of the molecule is Cc1ccc2c(c1N1C(C)C3(CCCCC3)CC1(C)C)-n1ccnc1C2. The Hall–Kier alpha value is -1.77. The average molecular weight is 350 g/mol. The fourth-order valence-corrected chi connectivity index (χ4v) is 6.52. The molecule has 0 radical (unpaired) electrons. The first kappa shape index (κ1) is 16.4. The summed E-state index contributed by atoms with van der Waals surface area (Å²) in [5, 5.41) is 0. The predicted octanol–water partition coefficient (Wildman–Crippen LogP) is 5.41. The van der Waals surface area contributed by atoms with Gasteiger partial charge in [-0.2, -0.15) is 0 Å². The highest BCUT2D eigenvalue weighted by atomic mass is 15.3. The quantitative estimate of drug-likeness (QED) is 0.585. The third kappa shape index (κ3) is 2.09. The number of aromatic nitrogens is 2. The molecule has 0 bridgehead atoms. The van der Waals surface area contributed by atoms with E-state index in [1.54, 1.807) is 0 Å². The van der Waals surface area contributed by atoms with Gasteiger partial charge in [0.15, 0.2) is 0 Å². The van der Waals surface area contributed by atoms with E-state index in [9.17, 15) is 0 Å². The minimum absolute atomic E-state index is 0.194. The minimum atomic E-state index is 0.194. The molecule has 1 unspecified atom stereocenters. The minimum Gasteiger partial charge on any atom is -0.361 e. The number of nitrogens with zero attached hydrogens (tertiary/aromatic N) is 3. The van der Waals surface area contributed by atoms with E-state index in [0.29, 0.717) is 11.5 Å². The summed E-state index contributed by atoms with van der Waals surface area (Å²) in [5.41, 5.74) is 6.37. The lowest BCUT2D eigenvalue weighted by atomic mass is 9.68. The topological polar surface area (TPSA) is 21.1 Å². The van der Waals surface area contributed by atoms with Crippen molar-refractivity contribution < 1.29 is 0 Å². The molecule has 3 aliphatic rings. The third-order valence-corrected chi connectivity index (χ3v) is 7.54. The average Bonchev–Trinajstić information content (AvgIpc) is 3.22. The number of benzene rings is 1. The van der Waals surface area contributed by atoms with Gasteiger partial charge in [0.2, 0.25) is 0 Å². The molecular formula is C23H31N3. The summed E-state index contributed by atoms with van der Waals surface area (Å²) in [6.07, 6.45) is 13.4. The van der Waals surface area contributed by atoms with Crippen molar-refractivity contribution in [3.8, 4) is 5.69 Å². The molecule has 5 rings (SSSR count). The molecular weight excluding hydrogens is 318 g/mol. The van der Waals surface area contributed by atoms with Gasteiger partial charge < -0.3 is 9.47 Å². The second kappa shape index (κ2) is 5.37. The summed E-state index contributed by atoms with van der Waals surface area (Å²) >= 11 is 0. The van der Waals surface area contributed by atoms with Gasteiger partial charge in [-0.1, -0.05) is 31.4 Å². The second-order valence-corrected chi connectivity index (χ2v) is 9.59. The molecule has 1 spiro atoms. The molecule has 1 saturated carbocycles. The van der Waals surface area contributed by atoms with Crippen molar-refractivity contribution in [1.29, 1.82) is 0 Å². The number of hydrogen-bond donors (Lipinski definition) is 0. The zero-order valence-electron chi connectivity index (χ0n) is 16.7. The van der Waals surface area contributed by atoms with Crippen molar-refractivity contribution in [3.05, 3.63) is 41.5 Å². The van der Waals surface area contributed by atoms with Crippen molar-refractivity contribution >= 4 is 5.69 Å². The van der Waals surface area contributed by atoms with Gasteiger partial charge in [-0.25, -0.2) is 4.98 Å². The first-order chi connectivity index (χ1) is 12.4. The van der Waals surface area contributed by atoms with Crippen LogP contribution < -0.4 is 4.90 Å². The van der Waals surface area contributed by atoms with Crippen LogP contribution in [-0.2, 0) is 6.42 Å². The van der Waals surface area contributed by atoms with Crippen LogP contribution in [0.15, 0.2) is 24.5 Å². The number of rotatable bonds is 1. The summed E-state index contributed by atoms with van der Waals surface area (Å²) in [4.78, 5) is 7.39. The van der Waals surface area contributed by atoms with Crippen LogP contribution in [0.2, 0.25) is 0 Å². The van der Waals surface area contributed by atoms with Gasteiger partial charge in [-0.15, -0.1) is 0 Å². The van der Waals surface area contributed by atoms with Crippen molar-refractivity contribution in [2.45, 2.75) is 84.2 Å². The van der Waals surface area contributed by atoms with Gasteiger partial charge in [0.05, 0.1) is 11.4 Å². The number of fused-ring (bicyclic) bond motifs is 3. The molecule has 138 valence electrons. The van der Waals surface area contributed by atoms with Crippen LogP contribution >= 0.6 is 0 Å². The van der Waals surface area contributed by atoms with E-state index in [1.165, 1.54) is 66.9 Å². The highest BCUT2D eigenvalue weighted by Crippen LogP contribution is 2.57. The van der Waals surface area contributed by atoms with Crippen LogP contribution in [-0.4, -0.2) is 21.1 Å². The molecule has 0 N–H and O–H groups in total. The zero-order valence-corrected chi connectivity index (χ0v) is 16.7. The van der Waals surface area contributed by atoms with E-state index in [2.05, 4.69) is 60.5 Å². The molecule has 2 aromatic rings. The lowest BCUT2D eigenvalue weighted by Crippen LogP contribution is -2.45. The largest absolute Gasteiger partial charge is 0.361 e. The molecule has 3 heterocycles. The van der Waals surface area contributed by atoms with Gasteiger partial charge in [0, 0.05) is 30.4 Å². The summed E-state index contributed by atoms with van der Waals surface area (Å²) in [5.74, 6) is 1.18. The summed E-state index contributed by atoms with van der Waals surface area (Å²) in [6.45, 7) is 9.73. The number of hydrogen-bond acceptors (Lipinski definition) is 2. The Balaban J connectivity index is 1.68. The van der Waals surface area contributed by atoms with Gasteiger partial charge >= 0.3 is 0 Å². The van der Waals surface area contributed by atoms with E-state index < -0.39 is 0 Å². The Morgan fingerprint density at radius 1 is 1.08 bits per heavy atom. The van der Waals surface area contributed by atoms with E-state index in [-0.39, 0.29) is 5.54 Å². The van der Waals surface area contributed by atoms with Crippen LogP contribution in [0.5, 0.6) is 0 Å². The Bertz CT molecular complexity index is 854. The highest BCUT2D eigenvalue weighted by molar-refractivity contribution is 5.75. The zero-order chi connectivity index (χ0) is 18.1. The molecule has 1 aromatic carbocycles. The molecule has 26 heavy (non-hydrogen) atoms. The Labute approximate surface area is 157 Å². The maximum absolute atomic E-state index is 4.59. The molecule has 2 fully saturated rings. The Morgan fingerprint density at radius 2 is 1.85 bits per heavy atom. The van der Waals surface area contributed by atoms with Gasteiger partial charge in [0.1, 0.15) is 5.82 Å². The van der Waals surface area contributed by atoms with E-state index in [4.69, 9.17) is 0 Å². The molecule has 1 aliphatic carbocycles. The van der Waals surface area contributed by atoms with Crippen molar-refractivity contribution in [3.63, 3.8) is 0 Å². The van der Waals surface area contributed by atoms with Crippen LogP contribution in [0.25, 0.3) is 5.69 Å². The van der Waals surface area contributed by atoms with Crippen LogP contribution in [0.1, 0.15) is 76.2 Å². The molecule has 3 heteroatoms. The van der Waals surface area contributed by atoms with Crippen LogP contribution in [0, 0.1) is 12.3 Å². The monoisotopic (exact) mass is 349 g/mol. The van der Waals surface area contributed by atoms with Crippen molar-refractivity contribution in [1.82, 2.24) is 9.55 Å². The Kier molecular flexibility index (Phi) is 3.39. The molecule has 0 amide bonds. The third-order valence-electron chi connectivity index (χ3n) is 7.54. The smallest absolute Gasteiger partial charge is 0.117 e. The summed E-state index contributed by atoms with van der Waals surface area (Å²) < 4.78 is 2.34. The van der Waals surface area contributed by atoms with Gasteiger partial charge in [-0.3, -0.25) is 0 Å². The number of imidazole rings is 1. The molecule has 1 saturated heterocycles. The van der Waals surface area contributed by atoms with E-state index >= 15 is 0 Å². The van der Waals surface area contributed by atoms with Crippen LogP contribution in [0.3, 0.4) is 0 Å². The van der Waals surface area contributed by atoms with Gasteiger partial charge in [0.25, 0.3) is 0 Å². The molecule has 1 aromatic heterocycles. The first-order valence-electron chi connectivity index (χ1n) is 10.4. The van der Waals surface area contributed by atoms with Crippen LogP contribution in [0.4, 0.5) is 5.69 Å². The lowest BCUT2D eigenvalue weighted by Gasteiger charge is -2.42. The molecule has 1 atom stereocenters.